The summed E-state index contributed by atoms with van der Waals surface area (Å²) < 4.78 is 15.8. The fraction of sp³-hybridized carbons (Fsp3) is 0.261. The third kappa shape index (κ3) is 4.71. The molecular weight excluding hydrogens is 372 g/mol. The molecule has 0 spiro atoms. The average molecular weight is 394 g/mol. The summed E-state index contributed by atoms with van der Waals surface area (Å²) >= 11 is 0. The minimum absolute atomic E-state index is 0.274. The van der Waals surface area contributed by atoms with Crippen LogP contribution in [0.4, 0.5) is 0 Å². The van der Waals surface area contributed by atoms with E-state index in [9.17, 15) is 14.4 Å². The molecule has 0 aliphatic rings. The van der Waals surface area contributed by atoms with Crippen molar-refractivity contribution in [2.75, 3.05) is 6.61 Å². The summed E-state index contributed by atoms with van der Waals surface area (Å²) in [6.45, 7) is 6.85. The van der Waals surface area contributed by atoms with Crippen molar-refractivity contribution in [3.05, 3.63) is 75.1 Å². The van der Waals surface area contributed by atoms with Gasteiger partial charge in [-0.3, -0.25) is 4.79 Å². The predicted molar refractivity (Wildman–Crippen MR) is 109 cm³/mol. The first-order chi connectivity index (χ1) is 13.7. The Morgan fingerprint density at radius 1 is 0.966 bits per heavy atom. The zero-order valence-electron chi connectivity index (χ0n) is 16.8. The van der Waals surface area contributed by atoms with Gasteiger partial charge in [0, 0.05) is 23.1 Å². The van der Waals surface area contributed by atoms with E-state index in [1.807, 2.05) is 26.8 Å². The standard InChI is InChI=1S/C23H22O6/c1-13-5-6-17(9-14(13)2)23(26)16(4)28-22(25)12-27-18-7-8-19-15(3)10-21(24)29-20(19)11-18/h5-11,16H,12H2,1-4H3/t16-/m0/s1. The van der Waals surface area contributed by atoms with Gasteiger partial charge in [-0.05, 0) is 62.6 Å². The van der Waals surface area contributed by atoms with Crippen molar-refractivity contribution in [2.45, 2.75) is 33.8 Å². The lowest BCUT2D eigenvalue weighted by molar-refractivity contribution is -0.148. The number of esters is 1. The largest absolute Gasteiger partial charge is 0.482 e. The summed E-state index contributed by atoms with van der Waals surface area (Å²) in [5.74, 6) is -0.582. The van der Waals surface area contributed by atoms with Gasteiger partial charge >= 0.3 is 11.6 Å². The number of aryl methyl sites for hydroxylation is 3. The number of carbonyl (C=O) groups excluding carboxylic acids is 2. The molecule has 6 heteroatoms. The molecule has 0 N–H and O–H groups in total. The first-order valence-electron chi connectivity index (χ1n) is 9.23. The van der Waals surface area contributed by atoms with Crippen LogP contribution < -0.4 is 10.4 Å². The Bertz CT molecular complexity index is 1140. The lowest BCUT2D eigenvalue weighted by Gasteiger charge is -2.14. The number of hydrogen-bond acceptors (Lipinski definition) is 6. The van der Waals surface area contributed by atoms with Gasteiger partial charge in [0.05, 0.1) is 0 Å². The summed E-state index contributed by atoms with van der Waals surface area (Å²) in [7, 11) is 0. The van der Waals surface area contributed by atoms with Crippen molar-refractivity contribution in [3.63, 3.8) is 0 Å². The van der Waals surface area contributed by atoms with Crippen LogP contribution >= 0.6 is 0 Å². The van der Waals surface area contributed by atoms with E-state index in [4.69, 9.17) is 13.9 Å². The van der Waals surface area contributed by atoms with Crippen LogP contribution in [0.3, 0.4) is 0 Å². The summed E-state index contributed by atoms with van der Waals surface area (Å²) in [6, 6.07) is 11.7. The molecule has 0 aliphatic heterocycles. The third-order valence-electron chi connectivity index (χ3n) is 4.75. The fourth-order valence-electron chi connectivity index (χ4n) is 2.95. The summed E-state index contributed by atoms with van der Waals surface area (Å²) in [5.41, 5.74) is 3.29. The summed E-state index contributed by atoms with van der Waals surface area (Å²) in [4.78, 5) is 36.1. The molecule has 0 bridgehead atoms. The van der Waals surface area contributed by atoms with Crippen LogP contribution in [0.15, 0.2) is 51.7 Å². The smallest absolute Gasteiger partial charge is 0.344 e. The van der Waals surface area contributed by atoms with E-state index in [0.717, 1.165) is 22.1 Å². The van der Waals surface area contributed by atoms with Crippen LogP contribution in [0.1, 0.15) is 34.0 Å². The maximum Gasteiger partial charge on any atom is 0.344 e. The van der Waals surface area contributed by atoms with Crippen LogP contribution in [0.25, 0.3) is 11.0 Å². The van der Waals surface area contributed by atoms with Crippen LogP contribution in [0.2, 0.25) is 0 Å². The van der Waals surface area contributed by atoms with Crippen molar-refractivity contribution >= 4 is 22.7 Å². The molecule has 0 fully saturated rings. The second-order valence-electron chi connectivity index (χ2n) is 6.99. The topological polar surface area (TPSA) is 82.8 Å². The van der Waals surface area contributed by atoms with Crippen LogP contribution in [-0.2, 0) is 9.53 Å². The molecule has 0 radical (unpaired) electrons. The molecule has 2 aromatic carbocycles. The van der Waals surface area contributed by atoms with Gasteiger partial charge in [0.25, 0.3) is 0 Å². The van der Waals surface area contributed by atoms with E-state index in [2.05, 4.69) is 0 Å². The highest BCUT2D eigenvalue weighted by atomic mass is 16.6. The Hall–Kier alpha value is -3.41. The molecule has 29 heavy (non-hydrogen) atoms. The number of rotatable bonds is 6. The summed E-state index contributed by atoms with van der Waals surface area (Å²) in [5, 5.41) is 0.784. The van der Waals surface area contributed by atoms with Crippen molar-refractivity contribution in [3.8, 4) is 5.75 Å². The van der Waals surface area contributed by atoms with Crippen LogP contribution in [0, 0.1) is 20.8 Å². The van der Waals surface area contributed by atoms with Crippen molar-refractivity contribution in [2.24, 2.45) is 0 Å². The predicted octanol–water partition coefficient (Wildman–Crippen LogP) is 3.91. The monoisotopic (exact) mass is 394 g/mol. The SMILES string of the molecule is Cc1ccc(C(=O)[C@H](C)OC(=O)COc2ccc3c(C)cc(=O)oc3c2)cc1C. The summed E-state index contributed by atoms with van der Waals surface area (Å²) in [6.07, 6.45) is -0.925. The number of benzene rings is 2. The van der Waals surface area contributed by atoms with E-state index in [-0.39, 0.29) is 12.4 Å². The minimum atomic E-state index is -0.925. The highest BCUT2D eigenvalue weighted by Crippen LogP contribution is 2.22. The lowest BCUT2D eigenvalue weighted by Crippen LogP contribution is -2.27. The first kappa shape index (κ1) is 20.3. The molecule has 3 rings (SSSR count). The molecule has 6 nitrogen and oxygen atoms in total. The second kappa shape index (κ2) is 8.31. The first-order valence-corrected chi connectivity index (χ1v) is 9.23. The molecule has 3 aromatic rings. The van der Waals surface area contributed by atoms with E-state index >= 15 is 0 Å². The quantitative estimate of drug-likeness (QED) is 0.358. The third-order valence-corrected chi connectivity index (χ3v) is 4.75. The second-order valence-corrected chi connectivity index (χ2v) is 6.99. The van der Waals surface area contributed by atoms with Crippen LogP contribution in [-0.4, -0.2) is 24.5 Å². The van der Waals surface area contributed by atoms with E-state index in [1.54, 1.807) is 30.3 Å². The lowest BCUT2D eigenvalue weighted by atomic mass is 10.0. The molecular formula is C23H22O6. The number of ketones is 1. The Labute approximate surface area is 168 Å². The van der Waals surface area contributed by atoms with E-state index in [0.29, 0.717) is 16.9 Å². The Morgan fingerprint density at radius 3 is 2.45 bits per heavy atom. The molecule has 0 saturated carbocycles. The molecule has 150 valence electrons. The molecule has 1 atom stereocenters. The zero-order chi connectivity index (χ0) is 21.1. The van der Waals surface area contributed by atoms with Crippen molar-refractivity contribution in [1.82, 2.24) is 0 Å². The normalized spacial score (nSPS) is 11.9. The molecule has 1 aromatic heterocycles. The van der Waals surface area contributed by atoms with Gasteiger partial charge < -0.3 is 13.9 Å². The van der Waals surface area contributed by atoms with Gasteiger partial charge in [0.1, 0.15) is 11.3 Å². The number of Topliss-reactive ketones (excluding diaryl/α,β-unsaturated/α-hetero) is 1. The maximum absolute atomic E-state index is 12.5. The van der Waals surface area contributed by atoms with Gasteiger partial charge in [-0.15, -0.1) is 0 Å². The van der Waals surface area contributed by atoms with Gasteiger partial charge in [-0.1, -0.05) is 12.1 Å². The van der Waals surface area contributed by atoms with Crippen LogP contribution in [0.5, 0.6) is 5.75 Å². The number of fused-ring (bicyclic) bond motifs is 1. The Kier molecular flexibility index (Phi) is 5.82. The molecule has 0 unspecified atom stereocenters. The molecule has 0 aliphatic carbocycles. The van der Waals surface area contributed by atoms with Gasteiger partial charge in [-0.25, -0.2) is 9.59 Å². The van der Waals surface area contributed by atoms with Gasteiger partial charge in [0.2, 0.25) is 5.78 Å². The highest BCUT2D eigenvalue weighted by molar-refractivity contribution is 6.00. The minimum Gasteiger partial charge on any atom is -0.482 e. The molecule has 1 heterocycles. The average Bonchev–Trinajstić information content (AvgIpc) is 2.67. The number of carbonyl (C=O) groups is 2. The van der Waals surface area contributed by atoms with Crippen molar-refractivity contribution < 1.29 is 23.5 Å². The van der Waals surface area contributed by atoms with E-state index < -0.39 is 17.7 Å². The Morgan fingerprint density at radius 2 is 1.72 bits per heavy atom. The molecule has 0 saturated heterocycles. The van der Waals surface area contributed by atoms with Crippen molar-refractivity contribution in [1.29, 1.82) is 0 Å². The number of ether oxygens (including phenoxy) is 2. The van der Waals surface area contributed by atoms with Gasteiger partial charge in [0.15, 0.2) is 12.7 Å². The zero-order valence-corrected chi connectivity index (χ0v) is 16.8. The molecule has 0 amide bonds. The highest BCUT2D eigenvalue weighted by Gasteiger charge is 2.20. The van der Waals surface area contributed by atoms with Gasteiger partial charge in [-0.2, -0.15) is 0 Å². The Balaban J connectivity index is 1.62. The van der Waals surface area contributed by atoms with E-state index in [1.165, 1.54) is 13.0 Å². The number of hydrogen-bond donors (Lipinski definition) is 0. The maximum atomic E-state index is 12.5. The fourth-order valence-corrected chi connectivity index (χ4v) is 2.95.